The Morgan fingerprint density at radius 3 is 2.00 bits per heavy atom. The number of nitrogens with two attached hydrogens (primary N) is 3. The lowest BCUT2D eigenvalue weighted by Crippen LogP contribution is -2.36. The van der Waals surface area contributed by atoms with E-state index in [2.05, 4.69) is 46.5 Å². The van der Waals surface area contributed by atoms with E-state index in [0.29, 0.717) is 31.9 Å². The lowest BCUT2D eigenvalue weighted by molar-refractivity contribution is -0.146. The highest BCUT2D eigenvalue weighted by atomic mass is 16.5. The molecule has 23 heavy (non-hydrogen) atoms. The van der Waals surface area contributed by atoms with Crippen LogP contribution in [0.15, 0.2) is 4.99 Å². The van der Waals surface area contributed by atoms with Crippen LogP contribution in [0.4, 0.5) is 0 Å². The summed E-state index contributed by atoms with van der Waals surface area (Å²) in [5.74, 6) is 0.147. The standard InChI is InChI=1S/C17H36N4O2/c1-16(2,3)13(17(4,5)6)9-11-23-14(22)12(18)8-7-10-21-15(19)20/h12-13H,7-11,18H2,1-6H3,(H4,19,20,21). The number of hydrogen-bond acceptors (Lipinski definition) is 4. The molecule has 0 aromatic rings. The van der Waals surface area contributed by atoms with Gasteiger partial charge in [0.05, 0.1) is 6.61 Å². The van der Waals surface area contributed by atoms with Crippen molar-refractivity contribution in [3.8, 4) is 0 Å². The summed E-state index contributed by atoms with van der Waals surface area (Å²) in [4.78, 5) is 15.8. The molecular weight excluding hydrogens is 292 g/mol. The number of nitrogens with zero attached hydrogens (tertiary/aromatic N) is 1. The molecule has 0 heterocycles. The van der Waals surface area contributed by atoms with Crippen LogP contribution in [0.1, 0.15) is 60.8 Å². The van der Waals surface area contributed by atoms with Crippen LogP contribution in [-0.2, 0) is 9.53 Å². The van der Waals surface area contributed by atoms with Crippen molar-refractivity contribution < 1.29 is 9.53 Å². The van der Waals surface area contributed by atoms with Gasteiger partial charge in [0.2, 0.25) is 0 Å². The molecule has 6 nitrogen and oxygen atoms in total. The molecule has 0 aromatic heterocycles. The van der Waals surface area contributed by atoms with Gasteiger partial charge in [-0.2, -0.15) is 0 Å². The predicted octanol–water partition coefficient (Wildman–Crippen LogP) is 2.01. The Hall–Kier alpha value is -1.30. The van der Waals surface area contributed by atoms with Crippen molar-refractivity contribution >= 4 is 11.9 Å². The molecular formula is C17H36N4O2. The van der Waals surface area contributed by atoms with Gasteiger partial charge in [0.15, 0.2) is 5.96 Å². The van der Waals surface area contributed by atoms with Crippen molar-refractivity contribution in [1.29, 1.82) is 0 Å². The molecule has 0 rings (SSSR count). The topological polar surface area (TPSA) is 117 Å². The molecule has 0 aliphatic rings. The monoisotopic (exact) mass is 328 g/mol. The largest absolute Gasteiger partial charge is 0.465 e. The Balaban J connectivity index is 4.24. The molecule has 0 aromatic carbocycles. The third-order valence-corrected chi connectivity index (χ3v) is 4.01. The Morgan fingerprint density at radius 1 is 1.04 bits per heavy atom. The normalized spacial score (nSPS) is 13.7. The molecule has 6 N–H and O–H groups in total. The van der Waals surface area contributed by atoms with Gasteiger partial charge >= 0.3 is 5.97 Å². The van der Waals surface area contributed by atoms with Crippen LogP contribution in [0.25, 0.3) is 0 Å². The fourth-order valence-electron chi connectivity index (χ4n) is 3.19. The Labute approximate surface area is 141 Å². The van der Waals surface area contributed by atoms with E-state index in [1.807, 2.05) is 0 Å². The molecule has 1 unspecified atom stereocenters. The summed E-state index contributed by atoms with van der Waals surface area (Å²) in [5.41, 5.74) is 16.6. The molecule has 0 spiro atoms. The van der Waals surface area contributed by atoms with E-state index >= 15 is 0 Å². The second-order valence-electron chi connectivity index (χ2n) is 8.30. The quantitative estimate of drug-likeness (QED) is 0.273. The highest BCUT2D eigenvalue weighted by Crippen LogP contribution is 2.41. The van der Waals surface area contributed by atoms with Crippen molar-refractivity contribution in [2.24, 2.45) is 38.9 Å². The molecule has 0 saturated carbocycles. The van der Waals surface area contributed by atoms with E-state index in [9.17, 15) is 4.79 Å². The number of ether oxygens (including phenoxy) is 1. The van der Waals surface area contributed by atoms with Gasteiger partial charge in [-0.1, -0.05) is 41.5 Å². The van der Waals surface area contributed by atoms with E-state index in [1.165, 1.54) is 0 Å². The second kappa shape index (κ2) is 9.11. The molecule has 0 radical (unpaired) electrons. The SMILES string of the molecule is CC(C)(C)C(CCOC(=O)C(N)CCCN=C(N)N)C(C)(C)C. The molecule has 0 saturated heterocycles. The molecule has 0 aliphatic heterocycles. The second-order valence-corrected chi connectivity index (χ2v) is 8.30. The summed E-state index contributed by atoms with van der Waals surface area (Å²) >= 11 is 0. The van der Waals surface area contributed by atoms with E-state index in [0.717, 1.165) is 6.42 Å². The number of rotatable bonds is 8. The van der Waals surface area contributed by atoms with Gasteiger partial charge in [0, 0.05) is 6.54 Å². The number of carbonyl (C=O) groups is 1. The fraction of sp³-hybridized carbons (Fsp3) is 0.882. The van der Waals surface area contributed by atoms with Crippen LogP contribution in [0, 0.1) is 16.7 Å². The number of aliphatic imine (C=N–C) groups is 1. The van der Waals surface area contributed by atoms with Crippen LogP contribution in [-0.4, -0.2) is 31.1 Å². The maximum Gasteiger partial charge on any atom is 0.322 e. The summed E-state index contributed by atoms with van der Waals surface area (Å²) in [6, 6.07) is -0.619. The minimum Gasteiger partial charge on any atom is -0.465 e. The van der Waals surface area contributed by atoms with Gasteiger partial charge in [0.1, 0.15) is 6.04 Å². The van der Waals surface area contributed by atoms with Crippen LogP contribution in [0.3, 0.4) is 0 Å². The molecule has 136 valence electrons. The Morgan fingerprint density at radius 2 is 1.57 bits per heavy atom. The zero-order valence-electron chi connectivity index (χ0n) is 15.7. The minimum atomic E-state index is -0.619. The molecule has 0 aliphatic carbocycles. The molecule has 0 amide bonds. The van der Waals surface area contributed by atoms with Gasteiger partial charge < -0.3 is 21.9 Å². The highest BCUT2D eigenvalue weighted by Gasteiger charge is 2.34. The highest BCUT2D eigenvalue weighted by molar-refractivity contribution is 5.76. The average Bonchev–Trinajstić information content (AvgIpc) is 2.35. The minimum absolute atomic E-state index is 0.0524. The Kier molecular flexibility index (Phi) is 8.59. The first-order valence-corrected chi connectivity index (χ1v) is 8.33. The van der Waals surface area contributed by atoms with E-state index in [1.54, 1.807) is 0 Å². The first-order valence-electron chi connectivity index (χ1n) is 8.33. The fourth-order valence-corrected chi connectivity index (χ4v) is 3.19. The van der Waals surface area contributed by atoms with Crippen molar-refractivity contribution in [2.45, 2.75) is 66.8 Å². The molecule has 6 heteroatoms. The van der Waals surface area contributed by atoms with E-state index in [-0.39, 0.29) is 22.8 Å². The molecule has 0 bridgehead atoms. The summed E-state index contributed by atoms with van der Waals surface area (Å²) < 4.78 is 5.35. The lowest BCUT2D eigenvalue weighted by atomic mass is 9.65. The maximum atomic E-state index is 11.9. The smallest absolute Gasteiger partial charge is 0.322 e. The summed E-state index contributed by atoms with van der Waals surface area (Å²) in [5, 5.41) is 0. The van der Waals surface area contributed by atoms with Crippen molar-refractivity contribution in [3.63, 3.8) is 0 Å². The van der Waals surface area contributed by atoms with Crippen LogP contribution in [0.2, 0.25) is 0 Å². The van der Waals surface area contributed by atoms with Gasteiger partial charge in [-0.15, -0.1) is 0 Å². The summed E-state index contributed by atoms with van der Waals surface area (Å²) in [6.45, 7) is 14.2. The number of hydrogen-bond donors (Lipinski definition) is 3. The number of guanidine groups is 1. The van der Waals surface area contributed by atoms with Gasteiger partial charge in [-0.3, -0.25) is 9.79 Å². The van der Waals surface area contributed by atoms with E-state index in [4.69, 9.17) is 21.9 Å². The zero-order valence-corrected chi connectivity index (χ0v) is 15.7. The first kappa shape index (κ1) is 21.7. The molecule has 1 atom stereocenters. The lowest BCUT2D eigenvalue weighted by Gasteiger charge is -2.40. The summed E-state index contributed by atoms with van der Waals surface area (Å²) in [6.07, 6.45) is 2.00. The third-order valence-electron chi connectivity index (χ3n) is 4.01. The van der Waals surface area contributed by atoms with E-state index < -0.39 is 6.04 Å². The number of esters is 1. The van der Waals surface area contributed by atoms with Crippen LogP contribution >= 0.6 is 0 Å². The van der Waals surface area contributed by atoms with Crippen LogP contribution < -0.4 is 17.2 Å². The van der Waals surface area contributed by atoms with Crippen molar-refractivity contribution in [3.05, 3.63) is 0 Å². The molecule has 0 fully saturated rings. The van der Waals surface area contributed by atoms with Gasteiger partial charge in [0.25, 0.3) is 0 Å². The summed E-state index contributed by atoms with van der Waals surface area (Å²) in [7, 11) is 0. The average molecular weight is 329 g/mol. The maximum absolute atomic E-state index is 11.9. The van der Waals surface area contributed by atoms with Crippen LogP contribution in [0.5, 0.6) is 0 Å². The predicted molar refractivity (Wildman–Crippen MR) is 95.9 cm³/mol. The van der Waals surface area contributed by atoms with Crippen molar-refractivity contribution in [1.82, 2.24) is 0 Å². The van der Waals surface area contributed by atoms with Gasteiger partial charge in [-0.05, 0) is 36.0 Å². The number of carbonyl (C=O) groups excluding carboxylic acids is 1. The Bertz CT molecular complexity index is 376. The zero-order chi connectivity index (χ0) is 18.3. The van der Waals surface area contributed by atoms with Gasteiger partial charge in [-0.25, -0.2) is 0 Å². The van der Waals surface area contributed by atoms with Crippen molar-refractivity contribution in [2.75, 3.05) is 13.2 Å². The first-order chi connectivity index (χ1) is 10.4. The third kappa shape index (κ3) is 9.43.